The summed E-state index contributed by atoms with van der Waals surface area (Å²) in [7, 11) is -3.52. The lowest BCUT2D eigenvalue weighted by molar-refractivity contribution is -0.131. The molecule has 6 nitrogen and oxygen atoms in total. The van der Waals surface area contributed by atoms with E-state index in [-0.39, 0.29) is 16.1 Å². The fourth-order valence-corrected chi connectivity index (χ4v) is 5.75. The van der Waals surface area contributed by atoms with Gasteiger partial charge in [0.15, 0.2) is 0 Å². The van der Waals surface area contributed by atoms with E-state index in [1.165, 1.54) is 33.4 Å². The van der Waals surface area contributed by atoms with E-state index >= 15 is 0 Å². The first-order valence-electron chi connectivity index (χ1n) is 9.85. The second kappa shape index (κ2) is 9.28. The zero-order valence-electron chi connectivity index (χ0n) is 17.0. The molecule has 29 heavy (non-hydrogen) atoms. The van der Waals surface area contributed by atoms with E-state index < -0.39 is 10.0 Å². The summed E-state index contributed by atoms with van der Waals surface area (Å²) in [4.78, 5) is 19.2. The van der Waals surface area contributed by atoms with Crippen LogP contribution in [0.3, 0.4) is 0 Å². The molecule has 2 aromatic rings. The molecular weight excluding hydrogens is 406 g/mol. The van der Waals surface area contributed by atoms with E-state index in [2.05, 4.69) is 17.1 Å². The molecule has 1 amide bonds. The van der Waals surface area contributed by atoms with Crippen LogP contribution in [0.1, 0.15) is 31.9 Å². The van der Waals surface area contributed by atoms with Gasteiger partial charge in [-0.3, -0.25) is 4.79 Å². The van der Waals surface area contributed by atoms with Gasteiger partial charge in [-0.05, 0) is 36.6 Å². The summed E-state index contributed by atoms with van der Waals surface area (Å²) in [5.74, 6) is 0.0751. The Morgan fingerprint density at radius 2 is 1.86 bits per heavy atom. The number of amides is 1. The van der Waals surface area contributed by atoms with Crippen LogP contribution in [-0.4, -0.2) is 53.4 Å². The monoisotopic (exact) mass is 433 g/mol. The molecule has 1 atom stereocenters. The van der Waals surface area contributed by atoms with Crippen molar-refractivity contribution in [1.82, 2.24) is 14.2 Å². The van der Waals surface area contributed by atoms with Crippen molar-refractivity contribution in [3.05, 3.63) is 53.7 Å². The fourth-order valence-electron chi connectivity index (χ4n) is 3.47. The van der Waals surface area contributed by atoms with Crippen molar-refractivity contribution < 1.29 is 13.2 Å². The van der Waals surface area contributed by atoms with Crippen molar-refractivity contribution in [2.45, 2.75) is 48.9 Å². The van der Waals surface area contributed by atoms with E-state index in [1.54, 1.807) is 12.1 Å². The molecule has 0 saturated heterocycles. The van der Waals surface area contributed by atoms with Crippen molar-refractivity contribution in [1.29, 1.82) is 0 Å². The second-order valence-electron chi connectivity index (χ2n) is 6.96. The Morgan fingerprint density at radius 3 is 2.48 bits per heavy atom. The molecule has 2 heterocycles. The quantitative estimate of drug-likeness (QED) is 0.627. The van der Waals surface area contributed by atoms with E-state index in [9.17, 15) is 13.2 Å². The molecule has 1 aromatic carbocycles. The average Bonchev–Trinajstić information content (AvgIpc) is 2.74. The highest BCUT2D eigenvalue weighted by atomic mass is 32.2. The first-order chi connectivity index (χ1) is 13.9. The summed E-state index contributed by atoms with van der Waals surface area (Å²) in [5, 5.41) is 0.347. The van der Waals surface area contributed by atoms with Crippen LogP contribution in [0, 0.1) is 0 Å². The number of fused-ring (bicyclic) bond motifs is 1. The Hall–Kier alpha value is -1.90. The lowest BCUT2D eigenvalue weighted by atomic mass is 10.00. The number of carbonyl (C=O) groups excluding carboxylic acids is 1. The van der Waals surface area contributed by atoms with Gasteiger partial charge in [-0.2, -0.15) is 4.31 Å². The maximum absolute atomic E-state index is 12.9. The number of nitrogens with zero attached hydrogens (tertiary/aromatic N) is 3. The van der Waals surface area contributed by atoms with E-state index in [0.717, 1.165) is 13.0 Å². The summed E-state index contributed by atoms with van der Waals surface area (Å²) >= 11 is 1.36. The number of pyridine rings is 1. The van der Waals surface area contributed by atoms with Crippen LogP contribution in [0.25, 0.3) is 0 Å². The van der Waals surface area contributed by atoms with Crippen LogP contribution in [0.2, 0.25) is 0 Å². The molecular formula is C21H27N3O3S2. The third-order valence-electron chi connectivity index (χ3n) is 5.14. The van der Waals surface area contributed by atoms with Gasteiger partial charge in [0.2, 0.25) is 15.9 Å². The van der Waals surface area contributed by atoms with Gasteiger partial charge in [-0.1, -0.05) is 49.9 Å². The minimum atomic E-state index is -3.52. The Morgan fingerprint density at radius 1 is 1.17 bits per heavy atom. The zero-order valence-corrected chi connectivity index (χ0v) is 18.7. The topological polar surface area (TPSA) is 70.6 Å². The number of sulfonamides is 1. The van der Waals surface area contributed by atoms with Gasteiger partial charge in [-0.15, -0.1) is 0 Å². The summed E-state index contributed by atoms with van der Waals surface area (Å²) in [6.07, 6.45) is 2.25. The number of hydrogen-bond donors (Lipinski definition) is 0. The number of thioether (sulfide) groups is 1. The summed E-state index contributed by atoms with van der Waals surface area (Å²) < 4.78 is 26.5. The SMILES string of the molecule is CCN(CC)S(=O)(=O)c1ccc(SC(C)C(=O)N2CCc3ccccc3C2)nc1. The Kier molecular flexibility index (Phi) is 6.97. The van der Waals surface area contributed by atoms with Crippen LogP contribution in [-0.2, 0) is 27.8 Å². The van der Waals surface area contributed by atoms with Crippen molar-refractivity contribution in [3.8, 4) is 0 Å². The number of carbonyl (C=O) groups is 1. The van der Waals surface area contributed by atoms with Crippen LogP contribution in [0.15, 0.2) is 52.5 Å². The summed E-state index contributed by atoms with van der Waals surface area (Å²) in [6, 6.07) is 11.5. The highest BCUT2D eigenvalue weighted by Gasteiger charge is 2.26. The normalized spacial score (nSPS) is 15.2. The first-order valence-corrected chi connectivity index (χ1v) is 12.2. The molecule has 0 saturated carbocycles. The molecule has 8 heteroatoms. The van der Waals surface area contributed by atoms with Crippen molar-refractivity contribution in [3.63, 3.8) is 0 Å². The van der Waals surface area contributed by atoms with Crippen molar-refractivity contribution in [2.24, 2.45) is 0 Å². The number of benzene rings is 1. The lowest BCUT2D eigenvalue weighted by Gasteiger charge is -2.30. The summed E-state index contributed by atoms with van der Waals surface area (Å²) in [6.45, 7) is 7.68. The van der Waals surface area contributed by atoms with Gasteiger partial charge in [0.05, 0.1) is 10.3 Å². The fraction of sp³-hybridized carbons (Fsp3) is 0.429. The molecule has 0 aliphatic carbocycles. The minimum absolute atomic E-state index is 0.0751. The molecule has 1 aromatic heterocycles. The maximum Gasteiger partial charge on any atom is 0.244 e. The molecule has 3 rings (SSSR count). The summed E-state index contributed by atoms with van der Waals surface area (Å²) in [5.41, 5.74) is 2.51. The molecule has 156 valence electrons. The average molecular weight is 434 g/mol. The van der Waals surface area contributed by atoms with Crippen LogP contribution >= 0.6 is 11.8 Å². The first kappa shape index (κ1) is 21.8. The van der Waals surface area contributed by atoms with Crippen molar-refractivity contribution in [2.75, 3.05) is 19.6 Å². The molecule has 0 spiro atoms. The zero-order chi connectivity index (χ0) is 21.0. The highest BCUT2D eigenvalue weighted by Crippen LogP contribution is 2.26. The van der Waals surface area contributed by atoms with Crippen LogP contribution < -0.4 is 0 Å². The maximum atomic E-state index is 12.9. The largest absolute Gasteiger partial charge is 0.337 e. The third-order valence-corrected chi connectivity index (χ3v) is 8.21. The Labute approximate surface area is 177 Å². The predicted octanol–water partition coefficient (Wildman–Crippen LogP) is 3.18. The van der Waals surface area contributed by atoms with E-state index in [4.69, 9.17) is 0 Å². The van der Waals surface area contributed by atoms with Crippen LogP contribution in [0.5, 0.6) is 0 Å². The van der Waals surface area contributed by atoms with E-state index in [1.807, 2.05) is 37.8 Å². The number of aromatic nitrogens is 1. The molecule has 0 N–H and O–H groups in total. The molecule has 1 unspecified atom stereocenters. The minimum Gasteiger partial charge on any atom is -0.337 e. The Bertz CT molecular complexity index is 957. The highest BCUT2D eigenvalue weighted by molar-refractivity contribution is 8.00. The standard InChI is InChI=1S/C21H27N3O3S2/c1-4-24(5-2)29(26,27)19-10-11-20(22-14-19)28-16(3)21(25)23-13-12-17-8-6-7-9-18(17)15-23/h6-11,14,16H,4-5,12-13,15H2,1-3H3. The number of hydrogen-bond acceptors (Lipinski definition) is 5. The van der Waals surface area contributed by atoms with Gasteiger partial charge in [0, 0.05) is 32.4 Å². The molecule has 0 fully saturated rings. The van der Waals surface area contributed by atoms with Gasteiger partial charge >= 0.3 is 0 Å². The molecule has 1 aliphatic rings. The van der Waals surface area contributed by atoms with Crippen LogP contribution in [0.4, 0.5) is 0 Å². The molecule has 0 radical (unpaired) electrons. The van der Waals surface area contributed by atoms with Gasteiger partial charge in [0.25, 0.3) is 0 Å². The third kappa shape index (κ3) is 4.82. The number of rotatable bonds is 7. The van der Waals surface area contributed by atoms with Crippen molar-refractivity contribution >= 4 is 27.7 Å². The van der Waals surface area contributed by atoms with Gasteiger partial charge in [-0.25, -0.2) is 13.4 Å². The van der Waals surface area contributed by atoms with Gasteiger partial charge in [0.1, 0.15) is 4.90 Å². The van der Waals surface area contributed by atoms with Gasteiger partial charge < -0.3 is 4.90 Å². The smallest absolute Gasteiger partial charge is 0.244 e. The lowest BCUT2D eigenvalue weighted by Crippen LogP contribution is -2.40. The predicted molar refractivity (Wildman–Crippen MR) is 115 cm³/mol. The Balaban J connectivity index is 1.65. The molecule has 0 bridgehead atoms. The van der Waals surface area contributed by atoms with E-state index in [0.29, 0.717) is 24.7 Å². The second-order valence-corrected chi connectivity index (χ2v) is 10.3. The molecule has 1 aliphatic heterocycles.